The summed E-state index contributed by atoms with van der Waals surface area (Å²) in [5, 5.41) is 3.50. The molecular formula is C10H16ClNO. The van der Waals surface area contributed by atoms with Gasteiger partial charge in [-0.1, -0.05) is 6.08 Å². The smallest absolute Gasteiger partial charge is 0.157 e. The van der Waals surface area contributed by atoms with Crippen LogP contribution in [0.2, 0.25) is 0 Å². The first-order valence-electron chi connectivity index (χ1n) is 4.74. The van der Waals surface area contributed by atoms with E-state index in [-0.39, 0.29) is 18.2 Å². The van der Waals surface area contributed by atoms with Crippen LogP contribution in [0.5, 0.6) is 0 Å². The fourth-order valence-corrected chi connectivity index (χ4v) is 2.26. The Balaban J connectivity index is 0.000000845. The van der Waals surface area contributed by atoms with Crippen molar-refractivity contribution in [2.24, 2.45) is 0 Å². The van der Waals surface area contributed by atoms with E-state index in [1.807, 2.05) is 0 Å². The Labute approximate surface area is 85.2 Å². The van der Waals surface area contributed by atoms with E-state index >= 15 is 0 Å². The molecule has 2 bridgehead atoms. The molecule has 3 heteroatoms. The largest absolute Gasteiger partial charge is 0.307 e. The number of hydrogen-bond donors (Lipinski definition) is 1. The number of carbonyl (C=O) groups is 1. The number of rotatable bonds is 1. The fraction of sp³-hybridized carbons (Fsp3) is 0.700. The third-order valence-corrected chi connectivity index (χ3v) is 2.90. The van der Waals surface area contributed by atoms with Gasteiger partial charge < -0.3 is 5.32 Å². The average molecular weight is 202 g/mol. The van der Waals surface area contributed by atoms with Crippen LogP contribution in [0, 0.1) is 0 Å². The highest BCUT2D eigenvalue weighted by Gasteiger charge is 2.29. The van der Waals surface area contributed by atoms with Crippen LogP contribution in [0.1, 0.15) is 32.6 Å². The number of halogens is 1. The van der Waals surface area contributed by atoms with E-state index in [4.69, 9.17) is 0 Å². The van der Waals surface area contributed by atoms with Gasteiger partial charge in [-0.25, -0.2) is 0 Å². The van der Waals surface area contributed by atoms with Crippen molar-refractivity contribution in [1.82, 2.24) is 5.32 Å². The first-order valence-corrected chi connectivity index (χ1v) is 4.74. The van der Waals surface area contributed by atoms with Crippen molar-refractivity contribution >= 4 is 18.2 Å². The molecule has 0 radical (unpaired) electrons. The van der Waals surface area contributed by atoms with Crippen LogP contribution in [0.3, 0.4) is 0 Å². The van der Waals surface area contributed by atoms with Crippen LogP contribution in [0.4, 0.5) is 0 Å². The third-order valence-electron chi connectivity index (χ3n) is 2.90. The van der Waals surface area contributed by atoms with Gasteiger partial charge in [-0.2, -0.15) is 0 Å². The van der Waals surface area contributed by atoms with Gasteiger partial charge in [0.2, 0.25) is 0 Å². The molecule has 0 spiro atoms. The van der Waals surface area contributed by atoms with E-state index in [1.54, 1.807) is 6.92 Å². The Morgan fingerprint density at radius 2 is 2.23 bits per heavy atom. The molecule has 0 aliphatic carbocycles. The van der Waals surface area contributed by atoms with Gasteiger partial charge in [-0.15, -0.1) is 12.4 Å². The molecule has 1 fully saturated rings. The average Bonchev–Trinajstić information content (AvgIpc) is 2.30. The molecule has 2 nitrogen and oxygen atoms in total. The monoisotopic (exact) mass is 201 g/mol. The first kappa shape index (κ1) is 10.7. The Hall–Kier alpha value is -0.340. The van der Waals surface area contributed by atoms with Gasteiger partial charge in [0.1, 0.15) is 0 Å². The van der Waals surface area contributed by atoms with Crippen molar-refractivity contribution in [2.45, 2.75) is 44.7 Å². The summed E-state index contributed by atoms with van der Waals surface area (Å²) in [4.78, 5) is 11.2. The lowest BCUT2D eigenvalue weighted by Gasteiger charge is -2.11. The SMILES string of the molecule is CC(=O)C1=CCC[C@H]2CC[C@@H]1N2.Cl. The summed E-state index contributed by atoms with van der Waals surface area (Å²) in [7, 11) is 0. The quantitative estimate of drug-likeness (QED) is 0.702. The van der Waals surface area contributed by atoms with E-state index in [0.29, 0.717) is 12.1 Å². The van der Waals surface area contributed by atoms with Gasteiger partial charge in [-0.3, -0.25) is 4.79 Å². The summed E-state index contributed by atoms with van der Waals surface area (Å²) >= 11 is 0. The standard InChI is InChI=1S/C10H15NO.ClH/c1-7(12)9-4-2-3-8-5-6-10(9)11-8;/h4,8,10-11H,2-3,5-6H2,1H3;1H/t8-,10-;/m0./s1. The molecule has 0 aromatic carbocycles. The van der Waals surface area contributed by atoms with Crippen LogP contribution in [-0.4, -0.2) is 17.9 Å². The zero-order valence-electron chi connectivity index (χ0n) is 7.88. The summed E-state index contributed by atoms with van der Waals surface area (Å²) < 4.78 is 0. The summed E-state index contributed by atoms with van der Waals surface area (Å²) in [6, 6.07) is 1.04. The Kier molecular flexibility index (Phi) is 3.51. The predicted molar refractivity (Wildman–Crippen MR) is 55.2 cm³/mol. The van der Waals surface area contributed by atoms with Crippen LogP contribution in [-0.2, 0) is 4.79 Å². The third kappa shape index (κ3) is 2.12. The molecule has 1 N–H and O–H groups in total. The zero-order valence-corrected chi connectivity index (χ0v) is 8.69. The normalized spacial score (nSPS) is 31.6. The van der Waals surface area contributed by atoms with Crippen molar-refractivity contribution in [3.63, 3.8) is 0 Å². The number of nitrogens with one attached hydrogen (secondary N) is 1. The number of hydrogen-bond acceptors (Lipinski definition) is 2. The van der Waals surface area contributed by atoms with Gasteiger partial charge in [0.05, 0.1) is 0 Å². The van der Waals surface area contributed by atoms with Gasteiger partial charge in [0, 0.05) is 17.7 Å². The van der Waals surface area contributed by atoms with Crippen LogP contribution >= 0.6 is 12.4 Å². The number of fused-ring (bicyclic) bond motifs is 2. The lowest BCUT2D eigenvalue weighted by molar-refractivity contribution is -0.113. The van der Waals surface area contributed by atoms with E-state index in [1.165, 1.54) is 12.8 Å². The number of carbonyl (C=O) groups excluding carboxylic acids is 1. The molecule has 0 unspecified atom stereocenters. The molecule has 0 amide bonds. The van der Waals surface area contributed by atoms with E-state index in [9.17, 15) is 4.79 Å². The minimum atomic E-state index is 0. The lowest BCUT2D eigenvalue weighted by Crippen LogP contribution is -2.30. The number of allylic oxidation sites excluding steroid dienone is 1. The first-order chi connectivity index (χ1) is 5.77. The molecule has 13 heavy (non-hydrogen) atoms. The van der Waals surface area contributed by atoms with Crippen molar-refractivity contribution in [1.29, 1.82) is 0 Å². The topological polar surface area (TPSA) is 29.1 Å². The Bertz CT molecular complexity index is 237. The second-order valence-corrected chi connectivity index (χ2v) is 3.79. The predicted octanol–water partition coefficient (Wildman–Crippen LogP) is 1.84. The fourth-order valence-electron chi connectivity index (χ4n) is 2.26. The highest BCUT2D eigenvalue weighted by molar-refractivity contribution is 5.94. The second kappa shape index (κ2) is 4.25. The maximum atomic E-state index is 11.2. The minimum Gasteiger partial charge on any atom is -0.307 e. The van der Waals surface area contributed by atoms with Crippen molar-refractivity contribution in [3.8, 4) is 0 Å². The van der Waals surface area contributed by atoms with Gasteiger partial charge in [-0.05, 0) is 32.6 Å². The molecule has 2 heterocycles. The molecule has 2 aliphatic rings. The van der Waals surface area contributed by atoms with Crippen LogP contribution in [0.25, 0.3) is 0 Å². The van der Waals surface area contributed by atoms with E-state index < -0.39 is 0 Å². The second-order valence-electron chi connectivity index (χ2n) is 3.79. The number of Topliss-reactive ketones (excluding diaryl/α,β-unsaturated/α-hetero) is 1. The van der Waals surface area contributed by atoms with E-state index in [2.05, 4.69) is 11.4 Å². The molecule has 2 atom stereocenters. The summed E-state index contributed by atoms with van der Waals surface area (Å²) in [6.07, 6.45) is 6.79. The van der Waals surface area contributed by atoms with Gasteiger partial charge in [0.25, 0.3) is 0 Å². The summed E-state index contributed by atoms with van der Waals surface area (Å²) in [6.45, 7) is 1.67. The van der Waals surface area contributed by atoms with Gasteiger partial charge in [0.15, 0.2) is 5.78 Å². The Morgan fingerprint density at radius 1 is 1.46 bits per heavy atom. The molecule has 0 aromatic rings. The highest BCUT2D eigenvalue weighted by atomic mass is 35.5. The molecule has 1 saturated heterocycles. The minimum absolute atomic E-state index is 0. The molecule has 0 saturated carbocycles. The lowest BCUT2D eigenvalue weighted by atomic mass is 9.98. The summed E-state index contributed by atoms with van der Waals surface area (Å²) in [5.74, 6) is 0.245. The van der Waals surface area contributed by atoms with Gasteiger partial charge >= 0.3 is 0 Å². The van der Waals surface area contributed by atoms with Crippen molar-refractivity contribution < 1.29 is 4.79 Å². The maximum absolute atomic E-state index is 11.2. The highest BCUT2D eigenvalue weighted by Crippen LogP contribution is 2.26. The molecule has 74 valence electrons. The number of ketones is 1. The zero-order chi connectivity index (χ0) is 8.55. The van der Waals surface area contributed by atoms with Crippen molar-refractivity contribution in [3.05, 3.63) is 11.6 Å². The molecule has 2 aliphatic heterocycles. The summed E-state index contributed by atoms with van der Waals surface area (Å²) in [5.41, 5.74) is 1.02. The Morgan fingerprint density at radius 3 is 2.92 bits per heavy atom. The molecule has 2 rings (SSSR count). The van der Waals surface area contributed by atoms with Crippen molar-refractivity contribution in [2.75, 3.05) is 0 Å². The molecular weight excluding hydrogens is 186 g/mol. The van der Waals surface area contributed by atoms with E-state index in [0.717, 1.165) is 18.4 Å². The molecule has 0 aromatic heterocycles. The maximum Gasteiger partial charge on any atom is 0.157 e. The van der Waals surface area contributed by atoms with Crippen LogP contribution < -0.4 is 5.32 Å². The van der Waals surface area contributed by atoms with Crippen LogP contribution in [0.15, 0.2) is 11.6 Å².